The topological polar surface area (TPSA) is 101 Å². The van der Waals surface area contributed by atoms with Crippen LogP contribution < -0.4 is 10.9 Å². The molecule has 1 amide bonds. The number of nitrogens with zero attached hydrogens (tertiary/aromatic N) is 3. The molecular formula is C16H19N5O2S3. The monoisotopic (exact) mass is 409 g/mol. The van der Waals surface area contributed by atoms with E-state index in [1.807, 2.05) is 27.7 Å². The molecule has 0 atom stereocenters. The van der Waals surface area contributed by atoms with Gasteiger partial charge in [-0.2, -0.15) is 0 Å². The third kappa shape index (κ3) is 4.13. The van der Waals surface area contributed by atoms with Crippen molar-refractivity contribution in [2.24, 2.45) is 0 Å². The van der Waals surface area contributed by atoms with Crippen LogP contribution in [-0.4, -0.2) is 31.8 Å². The largest absolute Gasteiger partial charge is 0.309 e. The van der Waals surface area contributed by atoms with Gasteiger partial charge in [-0.25, -0.2) is 4.98 Å². The molecule has 0 aromatic carbocycles. The van der Waals surface area contributed by atoms with Gasteiger partial charge in [0.1, 0.15) is 15.7 Å². The number of hydrogen-bond donors (Lipinski definition) is 2. The van der Waals surface area contributed by atoms with Gasteiger partial charge in [-0.1, -0.05) is 25.2 Å². The minimum absolute atomic E-state index is 0.119. The molecule has 0 aliphatic heterocycles. The van der Waals surface area contributed by atoms with Crippen LogP contribution in [0.2, 0.25) is 0 Å². The van der Waals surface area contributed by atoms with E-state index in [9.17, 15) is 9.59 Å². The molecule has 2 N–H and O–H groups in total. The number of carbonyl (C=O) groups is 1. The SMILES string of the molecule is Cc1sc2nc(CSCC(=O)Nc3nnc(C(C)C)s3)[nH]c(=O)c2c1C. The molecule has 0 unspecified atom stereocenters. The Balaban J connectivity index is 1.58. The van der Waals surface area contributed by atoms with Crippen LogP contribution in [0.1, 0.15) is 41.0 Å². The zero-order valence-corrected chi connectivity index (χ0v) is 17.3. The molecule has 10 heteroatoms. The number of H-pyrrole nitrogens is 1. The third-order valence-electron chi connectivity index (χ3n) is 3.74. The van der Waals surface area contributed by atoms with E-state index in [1.165, 1.54) is 34.4 Å². The van der Waals surface area contributed by atoms with Crippen molar-refractivity contribution in [3.8, 4) is 0 Å². The first-order valence-corrected chi connectivity index (χ1v) is 10.8. The number of carbonyl (C=O) groups excluding carboxylic acids is 1. The van der Waals surface area contributed by atoms with E-state index in [0.717, 1.165) is 20.3 Å². The van der Waals surface area contributed by atoms with Gasteiger partial charge >= 0.3 is 0 Å². The first-order valence-electron chi connectivity index (χ1n) is 8.05. The Morgan fingerprint density at radius 2 is 2.04 bits per heavy atom. The smallest absolute Gasteiger partial charge is 0.259 e. The van der Waals surface area contributed by atoms with Crippen molar-refractivity contribution in [3.63, 3.8) is 0 Å². The lowest BCUT2D eigenvalue weighted by atomic mass is 10.2. The summed E-state index contributed by atoms with van der Waals surface area (Å²) >= 11 is 4.30. The highest BCUT2D eigenvalue weighted by atomic mass is 32.2. The van der Waals surface area contributed by atoms with E-state index >= 15 is 0 Å². The zero-order chi connectivity index (χ0) is 18.8. The average Bonchev–Trinajstić information content (AvgIpc) is 3.13. The van der Waals surface area contributed by atoms with Gasteiger partial charge in [0.2, 0.25) is 11.0 Å². The van der Waals surface area contributed by atoms with Gasteiger partial charge in [0.15, 0.2) is 0 Å². The molecule has 3 aromatic rings. The number of thiophene rings is 1. The highest BCUT2D eigenvalue weighted by Crippen LogP contribution is 2.26. The number of amides is 1. The molecule has 138 valence electrons. The molecule has 0 fully saturated rings. The van der Waals surface area contributed by atoms with Crippen molar-refractivity contribution < 1.29 is 4.79 Å². The van der Waals surface area contributed by atoms with Gasteiger partial charge < -0.3 is 4.98 Å². The first kappa shape index (κ1) is 19.0. The predicted molar refractivity (Wildman–Crippen MR) is 109 cm³/mol. The molecule has 3 heterocycles. The van der Waals surface area contributed by atoms with Crippen molar-refractivity contribution in [2.75, 3.05) is 11.1 Å². The fourth-order valence-electron chi connectivity index (χ4n) is 2.28. The second-order valence-electron chi connectivity index (χ2n) is 6.12. The number of aryl methyl sites for hydroxylation is 2. The van der Waals surface area contributed by atoms with Gasteiger partial charge in [0.25, 0.3) is 5.56 Å². The van der Waals surface area contributed by atoms with Gasteiger partial charge in [0.05, 0.1) is 16.9 Å². The number of hydrogen-bond acceptors (Lipinski definition) is 8. The standard InChI is InChI=1S/C16H19N5O2S3/c1-7(2)14-20-21-16(26-14)19-11(22)6-24-5-10-17-13(23)12-8(3)9(4)25-15(12)18-10/h7H,5-6H2,1-4H3,(H,17,18,23)(H,19,21,22). The van der Waals surface area contributed by atoms with E-state index in [1.54, 1.807) is 0 Å². The van der Waals surface area contributed by atoms with Gasteiger partial charge in [-0.15, -0.1) is 33.3 Å². The van der Waals surface area contributed by atoms with Crippen LogP contribution in [0.4, 0.5) is 5.13 Å². The molecule has 3 aromatic heterocycles. The third-order valence-corrected chi connectivity index (χ3v) is 6.93. The first-order chi connectivity index (χ1) is 12.3. The predicted octanol–water partition coefficient (Wildman–Crippen LogP) is 3.45. The van der Waals surface area contributed by atoms with Crippen molar-refractivity contribution in [1.82, 2.24) is 20.2 Å². The number of thioether (sulfide) groups is 1. The molecule has 26 heavy (non-hydrogen) atoms. The maximum Gasteiger partial charge on any atom is 0.259 e. The number of nitrogens with one attached hydrogen (secondary N) is 2. The average molecular weight is 410 g/mol. The molecule has 3 rings (SSSR count). The Morgan fingerprint density at radius 3 is 2.73 bits per heavy atom. The Kier molecular flexibility index (Phi) is 5.73. The number of aromatic amines is 1. The Hall–Kier alpha value is -1.78. The normalized spacial score (nSPS) is 11.4. The lowest BCUT2D eigenvalue weighted by molar-refractivity contribution is -0.113. The minimum Gasteiger partial charge on any atom is -0.309 e. The quantitative estimate of drug-likeness (QED) is 0.647. The zero-order valence-electron chi connectivity index (χ0n) is 14.9. The van der Waals surface area contributed by atoms with Gasteiger partial charge in [-0.3, -0.25) is 14.9 Å². The number of anilines is 1. The molecule has 7 nitrogen and oxygen atoms in total. The van der Waals surface area contributed by atoms with Crippen molar-refractivity contribution in [1.29, 1.82) is 0 Å². The lowest BCUT2D eigenvalue weighted by Crippen LogP contribution is -2.15. The fourth-order valence-corrected chi connectivity index (χ4v) is 4.78. The molecule has 0 radical (unpaired) electrons. The second-order valence-corrected chi connectivity index (χ2v) is 9.32. The van der Waals surface area contributed by atoms with Crippen LogP contribution in [0, 0.1) is 13.8 Å². The number of fused-ring (bicyclic) bond motifs is 1. The molecule has 0 saturated heterocycles. The van der Waals surface area contributed by atoms with E-state index in [4.69, 9.17) is 0 Å². The van der Waals surface area contributed by atoms with Crippen molar-refractivity contribution in [2.45, 2.75) is 39.4 Å². The summed E-state index contributed by atoms with van der Waals surface area (Å²) in [6.45, 7) is 7.98. The molecule has 0 aliphatic rings. The Labute approximate surface area is 162 Å². The summed E-state index contributed by atoms with van der Waals surface area (Å²) in [5, 5.41) is 12.8. The van der Waals surface area contributed by atoms with Crippen LogP contribution in [0.3, 0.4) is 0 Å². The van der Waals surface area contributed by atoms with Crippen LogP contribution >= 0.6 is 34.4 Å². The summed E-state index contributed by atoms with van der Waals surface area (Å²) in [5.41, 5.74) is 0.863. The highest BCUT2D eigenvalue weighted by Gasteiger charge is 2.13. The summed E-state index contributed by atoms with van der Waals surface area (Å²) in [7, 11) is 0. The summed E-state index contributed by atoms with van der Waals surface area (Å²) in [6.07, 6.45) is 0. The summed E-state index contributed by atoms with van der Waals surface area (Å²) < 4.78 is 0. The summed E-state index contributed by atoms with van der Waals surface area (Å²) in [4.78, 5) is 33.4. The van der Waals surface area contributed by atoms with Crippen LogP contribution in [0.15, 0.2) is 4.79 Å². The van der Waals surface area contributed by atoms with E-state index < -0.39 is 0 Å². The molecule has 0 spiro atoms. The van der Waals surface area contributed by atoms with E-state index in [2.05, 4.69) is 25.5 Å². The van der Waals surface area contributed by atoms with E-state index in [-0.39, 0.29) is 23.1 Å². The Bertz CT molecular complexity index is 1010. The fraction of sp³-hybridized carbons (Fsp3) is 0.438. The summed E-state index contributed by atoms with van der Waals surface area (Å²) in [5.74, 6) is 1.44. The Morgan fingerprint density at radius 1 is 1.27 bits per heavy atom. The molecule has 0 aliphatic carbocycles. The molecule has 0 bridgehead atoms. The van der Waals surface area contributed by atoms with Gasteiger partial charge in [0, 0.05) is 10.8 Å². The number of rotatable bonds is 6. The van der Waals surface area contributed by atoms with Crippen LogP contribution in [-0.2, 0) is 10.5 Å². The maximum atomic E-state index is 12.2. The summed E-state index contributed by atoms with van der Waals surface area (Å²) in [6, 6.07) is 0. The number of aromatic nitrogens is 4. The minimum atomic E-state index is -0.146. The highest BCUT2D eigenvalue weighted by molar-refractivity contribution is 7.99. The van der Waals surface area contributed by atoms with Crippen molar-refractivity contribution in [3.05, 3.63) is 31.6 Å². The van der Waals surface area contributed by atoms with Crippen LogP contribution in [0.5, 0.6) is 0 Å². The molecule has 0 saturated carbocycles. The lowest BCUT2D eigenvalue weighted by Gasteiger charge is -2.02. The second kappa shape index (κ2) is 7.85. The van der Waals surface area contributed by atoms with E-state index in [0.29, 0.717) is 22.1 Å². The molecular weight excluding hydrogens is 390 g/mol. The van der Waals surface area contributed by atoms with Gasteiger partial charge in [-0.05, 0) is 19.4 Å². The van der Waals surface area contributed by atoms with Crippen molar-refractivity contribution >= 4 is 55.7 Å². The van der Waals surface area contributed by atoms with Crippen LogP contribution in [0.25, 0.3) is 10.2 Å². The maximum absolute atomic E-state index is 12.2.